The molecule has 7 heteroatoms. The fourth-order valence-electron chi connectivity index (χ4n) is 4.72. The number of rotatable bonds is 2. The van der Waals surface area contributed by atoms with Gasteiger partial charge >= 0.3 is 6.09 Å². The minimum absolute atomic E-state index is 0.105. The lowest BCUT2D eigenvalue weighted by Crippen LogP contribution is -2.68. The van der Waals surface area contributed by atoms with Gasteiger partial charge in [0.2, 0.25) is 0 Å². The van der Waals surface area contributed by atoms with E-state index in [1.165, 1.54) is 0 Å². The summed E-state index contributed by atoms with van der Waals surface area (Å²) in [5.41, 5.74) is -0.362. The molecule has 4 unspecified atom stereocenters. The molecule has 1 amide bonds. The largest absolute Gasteiger partial charge is 0.444 e. The van der Waals surface area contributed by atoms with Gasteiger partial charge in [-0.3, -0.25) is 4.99 Å². The highest BCUT2D eigenvalue weighted by molar-refractivity contribution is 5.80. The van der Waals surface area contributed by atoms with Gasteiger partial charge in [-0.05, 0) is 40.0 Å². The molecule has 1 aliphatic carbocycles. The van der Waals surface area contributed by atoms with Crippen molar-refractivity contribution in [3.8, 4) is 0 Å². The van der Waals surface area contributed by atoms with Gasteiger partial charge in [0.1, 0.15) is 5.60 Å². The SMILES string of the molecule is CN=C(NC1CCCN(C(=O)OC(C)(C)C)C1)NC1C2CCOC2C1(C)C. The lowest BCUT2D eigenvalue weighted by atomic mass is 9.57. The number of fused-ring (bicyclic) bond motifs is 1. The lowest BCUT2D eigenvalue weighted by molar-refractivity contribution is -0.106. The van der Waals surface area contributed by atoms with Crippen molar-refractivity contribution in [2.45, 2.75) is 77.7 Å². The van der Waals surface area contributed by atoms with Crippen molar-refractivity contribution in [2.24, 2.45) is 16.3 Å². The normalized spacial score (nSPS) is 33.1. The fraction of sp³-hybridized carbons (Fsp3) is 0.900. The Hall–Kier alpha value is -1.50. The molecule has 2 heterocycles. The zero-order valence-corrected chi connectivity index (χ0v) is 17.7. The number of aliphatic imine (C=N–C) groups is 1. The van der Waals surface area contributed by atoms with Crippen LogP contribution in [0.1, 0.15) is 53.9 Å². The third-order valence-electron chi connectivity index (χ3n) is 6.03. The maximum Gasteiger partial charge on any atom is 0.410 e. The number of carbonyl (C=O) groups excluding carboxylic acids is 1. The quantitative estimate of drug-likeness (QED) is 0.568. The van der Waals surface area contributed by atoms with E-state index < -0.39 is 5.60 Å². The number of carbonyl (C=O) groups is 1. The lowest BCUT2D eigenvalue weighted by Gasteiger charge is -2.55. The van der Waals surface area contributed by atoms with E-state index in [4.69, 9.17) is 9.47 Å². The number of amides is 1. The Morgan fingerprint density at radius 1 is 1.26 bits per heavy atom. The molecule has 0 aromatic heterocycles. The molecule has 3 fully saturated rings. The first-order chi connectivity index (χ1) is 12.6. The summed E-state index contributed by atoms with van der Waals surface area (Å²) < 4.78 is 11.4. The molecule has 154 valence electrons. The van der Waals surface area contributed by atoms with Gasteiger partial charge in [0, 0.05) is 50.2 Å². The highest BCUT2D eigenvalue weighted by atomic mass is 16.6. The Morgan fingerprint density at radius 2 is 2.00 bits per heavy atom. The van der Waals surface area contributed by atoms with Gasteiger partial charge in [-0.25, -0.2) is 4.79 Å². The number of nitrogens with zero attached hydrogens (tertiary/aromatic N) is 2. The average Bonchev–Trinajstić information content (AvgIpc) is 3.04. The van der Waals surface area contributed by atoms with Crippen LogP contribution in [0.3, 0.4) is 0 Å². The summed E-state index contributed by atoms with van der Waals surface area (Å²) in [4.78, 5) is 18.6. The molecule has 1 saturated carbocycles. The molecular weight excluding hydrogens is 344 g/mol. The second-order valence-electron chi connectivity index (χ2n) is 9.67. The van der Waals surface area contributed by atoms with Gasteiger partial charge < -0.3 is 25.0 Å². The second-order valence-corrected chi connectivity index (χ2v) is 9.67. The van der Waals surface area contributed by atoms with Crippen molar-refractivity contribution in [1.82, 2.24) is 15.5 Å². The van der Waals surface area contributed by atoms with Crippen LogP contribution in [-0.4, -0.2) is 67.5 Å². The van der Waals surface area contributed by atoms with Crippen LogP contribution in [-0.2, 0) is 9.47 Å². The van der Waals surface area contributed by atoms with Crippen molar-refractivity contribution < 1.29 is 14.3 Å². The molecule has 27 heavy (non-hydrogen) atoms. The van der Waals surface area contributed by atoms with Gasteiger partial charge in [-0.1, -0.05) is 13.8 Å². The monoisotopic (exact) mass is 380 g/mol. The molecule has 2 saturated heterocycles. The van der Waals surface area contributed by atoms with Crippen LogP contribution in [0.15, 0.2) is 4.99 Å². The summed E-state index contributed by atoms with van der Waals surface area (Å²) in [5.74, 6) is 1.37. The highest BCUT2D eigenvalue weighted by Crippen LogP contribution is 2.52. The zero-order chi connectivity index (χ0) is 19.8. The highest BCUT2D eigenvalue weighted by Gasteiger charge is 2.59. The molecule has 0 bridgehead atoms. The number of hydrogen-bond donors (Lipinski definition) is 2. The molecule has 0 spiro atoms. The molecule has 0 radical (unpaired) electrons. The Bertz CT molecular complexity index is 584. The van der Waals surface area contributed by atoms with Crippen molar-refractivity contribution in [2.75, 3.05) is 26.7 Å². The smallest absolute Gasteiger partial charge is 0.410 e. The topological polar surface area (TPSA) is 75.2 Å². The van der Waals surface area contributed by atoms with E-state index >= 15 is 0 Å². The molecule has 4 atom stereocenters. The zero-order valence-electron chi connectivity index (χ0n) is 17.7. The van der Waals surface area contributed by atoms with Crippen LogP contribution < -0.4 is 10.6 Å². The Balaban J connectivity index is 1.54. The average molecular weight is 381 g/mol. The van der Waals surface area contributed by atoms with Crippen molar-refractivity contribution in [3.05, 3.63) is 0 Å². The number of nitrogens with one attached hydrogen (secondary N) is 2. The first-order valence-electron chi connectivity index (χ1n) is 10.2. The minimum Gasteiger partial charge on any atom is -0.444 e. The van der Waals surface area contributed by atoms with Crippen molar-refractivity contribution in [1.29, 1.82) is 0 Å². The number of likely N-dealkylation sites (tertiary alicyclic amines) is 1. The van der Waals surface area contributed by atoms with E-state index in [2.05, 4.69) is 29.5 Å². The predicted molar refractivity (Wildman–Crippen MR) is 106 cm³/mol. The van der Waals surface area contributed by atoms with Crippen LogP contribution in [0, 0.1) is 11.3 Å². The molecule has 3 rings (SSSR count). The standard InChI is InChI=1S/C20H36N4O3/c1-19(2,3)27-18(25)24-10-7-8-13(12-24)22-17(21-6)23-15-14-9-11-26-16(14)20(15,4)5/h13-16H,7-12H2,1-6H3,(H2,21,22,23). The molecule has 7 nitrogen and oxygen atoms in total. The van der Waals surface area contributed by atoms with Crippen LogP contribution in [0.2, 0.25) is 0 Å². The van der Waals surface area contributed by atoms with E-state index in [1.54, 1.807) is 11.9 Å². The van der Waals surface area contributed by atoms with E-state index in [0.29, 0.717) is 24.6 Å². The van der Waals surface area contributed by atoms with Crippen molar-refractivity contribution >= 4 is 12.1 Å². The summed E-state index contributed by atoms with van der Waals surface area (Å²) >= 11 is 0. The minimum atomic E-state index is -0.468. The number of piperidine rings is 1. The summed E-state index contributed by atoms with van der Waals surface area (Å²) in [5, 5.41) is 7.14. The van der Waals surface area contributed by atoms with Crippen molar-refractivity contribution in [3.63, 3.8) is 0 Å². The van der Waals surface area contributed by atoms with Gasteiger partial charge in [-0.2, -0.15) is 0 Å². The second kappa shape index (κ2) is 7.49. The predicted octanol–water partition coefficient (Wildman–Crippen LogP) is 2.36. The summed E-state index contributed by atoms with van der Waals surface area (Å²) in [6, 6.07) is 0.540. The van der Waals surface area contributed by atoms with Crippen LogP contribution >= 0.6 is 0 Å². The van der Waals surface area contributed by atoms with E-state index in [0.717, 1.165) is 38.4 Å². The Labute approximate surface area is 163 Å². The molecule has 3 aliphatic rings. The van der Waals surface area contributed by atoms with E-state index in [-0.39, 0.29) is 17.6 Å². The van der Waals surface area contributed by atoms with E-state index in [1.807, 2.05) is 20.8 Å². The maximum atomic E-state index is 12.4. The number of ether oxygens (including phenoxy) is 2. The number of hydrogen-bond acceptors (Lipinski definition) is 4. The van der Waals surface area contributed by atoms with Gasteiger partial charge in [0.05, 0.1) is 6.10 Å². The summed E-state index contributed by atoms with van der Waals surface area (Å²) in [7, 11) is 1.80. The summed E-state index contributed by atoms with van der Waals surface area (Å²) in [6.07, 6.45) is 3.21. The molecule has 2 N–H and O–H groups in total. The first kappa shape index (κ1) is 20.2. The van der Waals surface area contributed by atoms with Gasteiger partial charge in [-0.15, -0.1) is 0 Å². The molecule has 0 aromatic carbocycles. The molecule has 2 aliphatic heterocycles. The number of guanidine groups is 1. The third kappa shape index (κ3) is 4.33. The Morgan fingerprint density at radius 3 is 2.67 bits per heavy atom. The van der Waals surface area contributed by atoms with Crippen LogP contribution in [0.4, 0.5) is 4.79 Å². The van der Waals surface area contributed by atoms with Crippen LogP contribution in [0.5, 0.6) is 0 Å². The van der Waals surface area contributed by atoms with Gasteiger partial charge in [0.15, 0.2) is 5.96 Å². The summed E-state index contributed by atoms with van der Waals surface area (Å²) in [6.45, 7) is 12.5. The molecular formula is C20H36N4O3. The van der Waals surface area contributed by atoms with Crippen LogP contribution in [0.25, 0.3) is 0 Å². The molecule has 0 aromatic rings. The first-order valence-corrected chi connectivity index (χ1v) is 10.2. The van der Waals surface area contributed by atoms with E-state index in [9.17, 15) is 4.79 Å². The Kier molecular flexibility index (Phi) is 5.62. The maximum absolute atomic E-state index is 12.4. The van der Waals surface area contributed by atoms with Gasteiger partial charge in [0.25, 0.3) is 0 Å². The fourth-order valence-corrected chi connectivity index (χ4v) is 4.72. The third-order valence-corrected chi connectivity index (χ3v) is 6.03.